The van der Waals surface area contributed by atoms with E-state index in [4.69, 9.17) is 19.3 Å². The zero-order valence-corrected chi connectivity index (χ0v) is 35.6. The zero-order valence-electron chi connectivity index (χ0n) is 35.6. The maximum absolute atomic E-state index is 10.3. The van der Waals surface area contributed by atoms with Gasteiger partial charge in [-0.3, -0.25) is 9.59 Å². The molecule has 7 heteroatoms. The quantitative estimate of drug-likeness (QED) is 0.196. The Kier molecular flexibility index (Phi) is 31.4. The second kappa shape index (κ2) is 31.3. The number of aliphatic hydroxyl groups is 1. The smallest absolute Gasteiger partial charge is 0.150 e. The van der Waals surface area contributed by atoms with Crippen LogP contribution in [-0.2, 0) is 4.79 Å². The van der Waals surface area contributed by atoms with Crippen LogP contribution in [0, 0.1) is 5.41 Å². The third-order valence-electron chi connectivity index (χ3n) is 5.96. The fraction of sp³-hybridized carbons (Fsp3) is 0.500. The second-order valence-corrected chi connectivity index (χ2v) is 14.5. The number of Topliss-reactive ketones (excluding diaryl/α,β-unsaturated/α-hetero) is 1. The molecule has 0 saturated heterocycles. The molecule has 7 nitrogen and oxygen atoms in total. The van der Waals surface area contributed by atoms with Crippen molar-refractivity contribution < 1.29 is 33.7 Å². The van der Waals surface area contributed by atoms with Crippen LogP contribution in [0.15, 0.2) is 79.4 Å². The van der Waals surface area contributed by atoms with E-state index in [2.05, 4.69) is 53.3 Å². The van der Waals surface area contributed by atoms with E-state index in [1.54, 1.807) is 62.4 Å². The maximum Gasteiger partial charge on any atom is 0.150 e. The van der Waals surface area contributed by atoms with Crippen molar-refractivity contribution in [1.82, 2.24) is 0 Å². The summed E-state index contributed by atoms with van der Waals surface area (Å²) in [7, 11) is 0. The Morgan fingerprint density at radius 3 is 1.04 bits per heavy atom. The zero-order chi connectivity index (χ0) is 41.6. The van der Waals surface area contributed by atoms with Crippen molar-refractivity contribution in [2.45, 2.75) is 148 Å². The summed E-state index contributed by atoms with van der Waals surface area (Å²) in [6.07, 6.45) is 6.11. The number of ketones is 1. The summed E-state index contributed by atoms with van der Waals surface area (Å²) >= 11 is 0. The van der Waals surface area contributed by atoms with E-state index in [0.717, 1.165) is 35.4 Å². The standard InChI is InChI=1S/C15H22O.2C10H12O2.C5H12.C3H8O.C3H6O/c1-11(2)16-14-9-7-13(8-10-14)12(3)15(4,5)6;2*1-8(2)12-10-5-3-9(7-11)4-6-10;1-3-5-4-2;2*1-3(2)4/h7-11H,3H2,1-2,4-6H3;2*3-8H,1-2H3;3-5H2,1-2H3;3-4H,1-2H3;1-2H3. The third kappa shape index (κ3) is 34.6. The van der Waals surface area contributed by atoms with Gasteiger partial charge in [0, 0.05) is 17.2 Å². The molecule has 0 spiro atoms. The van der Waals surface area contributed by atoms with E-state index in [0.29, 0.717) is 11.1 Å². The number of allylic oxidation sites excluding steroid dienone is 1. The summed E-state index contributed by atoms with van der Waals surface area (Å²) in [5.41, 5.74) is 3.80. The van der Waals surface area contributed by atoms with Crippen molar-refractivity contribution in [1.29, 1.82) is 0 Å². The van der Waals surface area contributed by atoms with Crippen LogP contribution in [0.3, 0.4) is 0 Å². The van der Waals surface area contributed by atoms with Gasteiger partial charge in [0.2, 0.25) is 0 Å². The Balaban J connectivity index is -0.000000612. The molecule has 0 aliphatic carbocycles. The highest BCUT2D eigenvalue weighted by molar-refractivity contribution is 5.75. The molecule has 0 heterocycles. The fourth-order valence-corrected chi connectivity index (χ4v) is 3.59. The lowest BCUT2D eigenvalue weighted by Crippen LogP contribution is -2.08. The molecule has 3 rings (SSSR count). The van der Waals surface area contributed by atoms with Gasteiger partial charge in [0.05, 0.1) is 18.3 Å². The molecule has 0 unspecified atom stereocenters. The molecule has 0 aliphatic rings. The van der Waals surface area contributed by atoms with E-state index in [1.807, 2.05) is 53.7 Å². The van der Waals surface area contributed by atoms with Gasteiger partial charge in [-0.15, -0.1) is 0 Å². The first-order chi connectivity index (χ1) is 24.6. The normalized spacial score (nSPS) is 9.96. The van der Waals surface area contributed by atoms with Crippen LogP contribution in [-0.4, -0.2) is 47.9 Å². The van der Waals surface area contributed by atoms with Crippen molar-refractivity contribution in [2.75, 3.05) is 0 Å². The van der Waals surface area contributed by atoms with Gasteiger partial charge in [0.15, 0.2) is 0 Å². The minimum Gasteiger partial charge on any atom is -0.491 e. The number of hydrogen-bond acceptors (Lipinski definition) is 7. The monoisotopic (exact) mass is 737 g/mol. The number of aliphatic hydroxyl groups excluding tert-OH is 1. The highest BCUT2D eigenvalue weighted by Crippen LogP contribution is 2.33. The first kappa shape index (κ1) is 53.1. The molecule has 3 aromatic rings. The topological polar surface area (TPSA) is 99.1 Å². The molecule has 1 N–H and O–H groups in total. The van der Waals surface area contributed by atoms with Gasteiger partial charge in [0.25, 0.3) is 0 Å². The Morgan fingerprint density at radius 2 is 0.868 bits per heavy atom. The summed E-state index contributed by atoms with van der Waals surface area (Å²) in [5, 5.41) is 8.06. The molecular weight excluding hydrogens is 664 g/mol. The van der Waals surface area contributed by atoms with Crippen molar-refractivity contribution in [3.8, 4) is 17.2 Å². The fourth-order valence-electron chi connectivity index (χ4n) is 3.59. The maximum atomic E-state index is 10.3. The lowest BCUT2D eigenvalue weighted by Gasteiger charge is -2.22. The highest BCUT2D eigenvalue weighted by atomic mass is 16.5. The molecule has 3 aromatic carbocycles. The largest absolute Gasteiger partial charge is 0.491 e. The van der Waals surface area contributed by atoms with Gasteiger partial charge in [-0.25, -0.2) is 0 Å². The number of rotatable bonds is 11. The summed E-state index contributed by atoms with van der Waals surface area (Å²) in [6, 6.07) is 22.3. The van der Waals surface area contributed by atoms with Crippen LogP contribution in [0.1, 0.15) is 149 Å². The number of carbonyl (C=O) groups excluding carboxylic acids is 3. The van der Waals surface area contributed by atoms with E-state index < -0.39 is 0 Å². The SMILES string of the molecule is C=C(c1ccc(OC(C)C)cc1)C(C)(C)C.CC(C)=O.CC(C)O.CC(C)Oc1ccc(C=O)cc1.CC(C)Oc1ccc(C=O)cc1.CCCCC. The number of aldehydes is 2. The number of unbranched alkanes of at least 4 members (excludes halogenated alkanes) is 2. The second-order valence-electron chi connectivity index (χ2n) is 14.5. The van der Waals surface area contributed by atoms with Crippen molar-refractivity contribution in [2.24, 2.45) is 5.41 Å². The molecule has 53 heavy (non-hydrogen) atoms. The first-order valence-electron chi connectivity index (χ1n) is 18.7. The van der Waals surface area contributed by atoms with Crippen molar-refractivity contribution >= 4 is 23.9 Å². The number of carbonyl (C=O) groups is 3. The van der Waals surface area contributed by atoms with E-state index in [1.165, 1.54) is 38.7 Å². The summed E-state index contributed by atoms with van der Waals surface area (Å²) in [4.78, 5) is 30.0. The summed E-state index contributed by atoms with van der Waals surface area (Å²) < 4.78 is 16.4. The van der Waals surface area contributed by atoms with Gasteiger partial charge >= 0.3 is 0 Å². The summed E-state index contributed by atoms with van der Waals surface area (Å²) in [6.45, 7) is 33.5. The van der Waals surface area contributed by atoms with E-state index >= 15 is 0 Å². The Bertz CT molecular complexity index is 1280. The molecule has 0 fully saturated rings. The minimum absolute atomic E-state index is 0.112. The molecule has 0 atom stereocenters. The number of hydrogen-bond donors (Lipinski definition) is 1. The summed E-state index contributed by atoms with van der Waals surface area (Å²) in [5.74, 6) is 2.69. The van der Waals surface area contributed by atoms with Gasteiger partial charge in [-0.1, -0.05) is 72.6 Å². The minimum atomic E-state index is -0.167. The lowest BCUT2D eigenvalue weighted by molar-refractivity contribution is -0.115. The van der Waals surface area contributed by atoms with E-state index in [9.17, 15) is 14.4 Å². The molecule has 0 aliphatic heterocycles. The average molecular weight is 737 g/mol. The molecule has 0 radical (unpaired) electrons. The van der Waals surface area contributed by atoms with Crippen LogP contribution >= 0.6 is 0 Å². The Morgan fingerprint density at radius 1 is 0.623 bits per heavy atom. The molecule has 0 amide bonds. The van der Waals surface area contributed by atoms with Gasteiger partial charge < -0.3 is 24.1 Å². The van der Waals surface area contributed by atoms with Crippen molar-refractivity contribution in [3.63, 3.8) is 0 Å². The van der Waals surface area contributed by atoms with Crippen molar-refractivity contribution in [3.05, 3.63) is 96.1 Å². The third-order valence-corrected chi connectivity index (χ3v) is 5.96. The van der Waals surface area contributed by atoms with Crippen LogP contribution in [0.25, 0.3) is 5.57 Å². The molecule has 298 valence electrons. The Hall–Kier alpha value is -4.23. The van der Waals surface area contributed by atoms with Crippen LogP contribution in [0.4, 0.5) is 0 Å². The van der Waals surface area contributed by atoms with Crippen LogP contribution in [0.5, 0.6) is 17.2 Å². The molecule has 0 saturated carbocycles. The van der Waals surface area contributed by atoms with E-state index in [-0.39, 0.29) is 35.6 Å². The van der Waals surface area contributed by atoms with Crippen LogP contribution in [0.2, 0.25) is 0 Å². The molecular formula is C46H72O7. The predicted molar refractivity (Wildman–Crippen MR) is 225 cm³/mol. The lowest BCUT2D eigenvalue weighted by atomic mass is 9.83. The Labute approximate surface area is 323 Å². The average Bonchev–Trinajstić information content (AvgIpc) is 3.05. The van der Waals surface area contributed by atoms with Gasteiger partial charge in [-0.05, 0) is 146 Å². The number of benzene rings is 3. The molecule has 0 bridgehead atoms. The number of ether oxygens (including phenoxy) is 3. The van der Waals surface area contributed by atoms with Gasteiger partial charge in [-0.2, -0.15) is 0 Å². The van der Waals surface area contributed by atoms with Gasteiger partial charge in [0.1, 0.15) is 35.6 Å². The first-order valence-corrected chi connectivity index (χ1v) is 18.7. The predicted octanol–water partition coefficient (Wildman–Crippen LogP) is 12.3. The van der Waals surface area contributed by atoms with Crippen LogP contribution < -0.4 is 14.2 Å². The highest BCUT2D eigenvalue weighted by Gasteiger charge is 2.16. The molecule has 0 aromatic heterocycles.